The second kappa shape index (κ2) is 6.04. The molecule has 110 valence electrons. The topological polar surface area (TPSA) is 96.2 Å². The van der Waals surface area contributed by atoms with Crippen LogP contribution in [-0.4, -0.2) is 38.8 Å². The molecule has 0 aliphatic carbocycles. The predicted molar refractivity (Wildman–Crippen MR) is 73.4 cm³/mol. The zero-order chi connectivity index (χ0) is 14.6. The first-order valence-corrected chi connectivity index (χ1v) is 6.86. The lowest BCUT2D eigenvalue weighted by atomic mass is 9.91. The van der Waals surface area contributed by atoms with Crippen molar-refractivity contribution in [3.05, 3.63) is 12.4 Å². The van der Waals surface area contributed by atoms with Crippen molar-refractivity contribution >= 4 is 17.6 Å². The third kappa shape index (κ3) is 3.16. The van der Waals surface area contributed by atoms with Crippen LogP contribution in [0.2, 0.25) is 0 Å². The van der Waals surface area contributed by atoms with Crippen molar-refractivity contribution in [3.8, 4) is 0 Å². The van der Waals surface area contributed by atoms with Crippen LogP contribution in [0.25, 0.3) is 0 Å². The molecule has 0 aromatic carbocycles. The highest BCUT2D eigenvalue weighted by Gasteiger charge is 2.39. The predicted octanol–water partition coefficient (Wildman–Crippen LogP) is 0.828. The molecule has 1 amide bonds. The number of carboxylic acid groups (broad SMARTS) is 1. The highest BCUT2D eigenvalue weighted by Crippen LogP contribution is 2.26. The highest BCUT2D eigenvalue weighted by atomic mass is 16.4. The lowest BCUT2D eigenvalue weighted by molar-refractivity contribution is -0.137. The smallest absolute Gasteiger partial charge is 0.325 e. The molecule has 1 aliphatic rings. The van der Waals surface area contributed by atoms with E-state index in [9.17, 15) is 9.59 Å². The molecule has 0 radical (unpaired) electrons. The maximum absolute atomic E-state index is 12.4. The van der Waals surface area contributed by atoms with Gasteiger partial charge in [-0.1, -0.05) is 13.3 Å². The van der Waals surface area contributed by atoms with E-state index in [1.807, 2.05) is 0 Å². The molecular formula is C13H20N4O3. The minimum Gasteiger partial charge on any atom is -0.480 e. The number of aliphatic carboxylic acids is 1. The summed E-state index contributed by atoms with van der Waals surface area (Å²) in [6, 6.07) is 0. The summed E-state index contributed by atoms with van der Waals surface area (Å²) in [7, 11) is 0. The van der Waals surface area contributed by atoms with E-state index in [2.05, 4.69) is 22.7 Å². The van der Waals surface area contributed by atoms with E-state index in [-0.39, 0.29) is 12.5 Å². The summed E-state index contributed by atoms with van der Waals surface area (Å²) < 4.78 is 1.28. The molecule has 0 saturated carbocycles. The van der Waals surface area contributed by atoms with Crippen LogP contribution in [-0.2, 0) is 16.1 Å². The van der Waals surface area contributed by atoms with Gasteiger partial charge in [-0.3, -0.25) is 14.3 Å². The zero-order valence-corrected chi connectivity index (χ0v) is 11.6. The normalized spacial score (nSPS) is 21.9. The molecule has 7 nitrogen and oxygen atoms in total. The van der Waals surface area contributed by atoms with Crippen molar-refractivity contribution < 1.29 is 14.7 Å². The van der Waals surface area contributed by atoms with Crippen LogP contribution in [0.1, 0.15) is 32.6 Å². The molecule has 1 aromatic heterocycles. The second-order valence-electron chi connectivity index (χ2n) is 5.14. The number of carbonyl (C=O) groups excluding carboxylic acids is 1. The van der Waals surface area contributed by atoms with E-state index in [1.165, 1.54) is 17.1 Å². The molecule has 1 aliphatic heterocycles. The van der Waals surface area contributed by atoms with Crippen molar-refractivity contribution in [2.24, 2.45) is 0 Å². The Bertz CT molecular complexity index is 492. The fourth-order valence-electron chi connectivity index (χ4n) is 2.66. The van der Waals surface area contributed by atoms with Crippen molar-refractivity contribution in [3.63, 3.8) is 0 Å². The van der Waals surface area contributed by atoms with E-state index >= 15 is 0 Å². The standard InChI is InChI=1S/C13H20N4O3/c1-2-4-13(5-3-6-14-13)12(20)16-10-7-15-17(8-10)9-11(18)19/h7-8,14H,2-6,9H2,1H3,(H,16,20)(H,18,19). The summed E-state index contributed by atoms with van der Waals surface area (Å²) in [5.74, 6) is -1.03. The van der Waals surface area contributed by atoms with Crippen molar-refractivity contribution in [1.29, 1.82) is 0 Å². The molecule has 0 bridgehead atoms. The summed E-state index contributed by atoms with van der Waals surface area (Å²) >= 11 is 0. The van der Waals surface area contributed by atoms with Gasteiger partial charge >= 0.3 is 5.97 Å². The van der Waals surface area contributed by atoms with Crippen molar-refractivity contribution in [1.82, 2.24) is 15.1 Å². The number of carboxylic acids is 1. The molecule has 3 N–H and O–H groups in total. The molecule has 0 spiro atoms. The number of rotatable bonds is 6. The van der Waals surface area contributed by atoms with Gasteiger partial charge in [0.05, 0.1) is 17.4 Å². The molecule has 7 heteroatoms. The van der Waals surface area contributed by atoms with Crippen molar-refractivity contribution in [2.45, 2.75) is 44.7 Å². The number of amides is 1. The van der Waals surface area contributed by atoms with Gasteiger partial charge in [0.15, 0.2) is 0 Å². The Morgan fingerprint density at radius 1 is 1.60 bits per heavy atom. The van der Waals surface area contributed by atoms with Gasteiger partial charge in [-0.25, -0.2) is 0 Å². The van der Waals surface area contributed by atoms with Gasteiger partial charge in [0.25, 0.3) is 0 Å². The van der Waals surface area contributed by atoms with Gasteiger partial charge in [-0.05, 0) is 25.8 Å². The Balaban J connectivity index is 2.02. The number of nitrogens with zero attached hydrogens (tertiary/aromatic N) is 2. The van der Waals surface area contributed by atoms with E-state index < -0.39 is 11.5 Å². The summed E-state index contributed by atoms with van der Waals surface area (Å²) in [5.41, 5.74) is 0.0318. The molecule has 1 aromatic rings. The van der Waals surface area contributed by atoms with Crippen LogP contribution in [0, 0.1) is 0 Å². The molecule has 20 heavy (non-hydrogen) atoms. The van der Waals surface area contributed by atoms with Crippen LogP contribution in [0.3, 0.4) is 0 Å². The van der Waals surface area contributed by atoms with Gasteiger partial charge < -0.3 is 15.7 Å². The third-order valence-corrected chi connectivity index (χ3v) is 3.54. The second-order valence-corrected chi connectivity index (χ2v) is 5.14. The molecule has 1 atom stereocenters. The summed E-state index contributed by atoms with van der Waals surface area (Å²) in [4.78, 5) is 23.0. The Hall–Kier alpha value is -1.89. The molecule has 1 unspecified atom stereocenters. The van der Waals surface area contributed by atoms with E-state index in [0.717, 1.165) is 32.2 Å². The first kappa shape index (κ1) is 14.5. The third-order valence-electron chi connectivity index (χ3n) is 3.54. The maximum atomic E-state index is 12.4. The number of hydrogen-bond donors (Lipinski definition) is 3. The number of aromatic nitrogens is 2. The highest BCUT2D eigenvalue weighted by molar-refractivity contribution is 5.98. The summed E-state index contributed by atoms with van der Waals surface area (Å²) in [6.07, 6.45) is 6.54. The maximum Gasteiger partial charge on any atom is 0.325 e. The monoisotopic (exact) mass is 280 g/mol. The first-order valence-electron chi connectivity index (χ1n) is 6.86. The Labute approximate surface area is 117 Å². The molecular weight excluding hydrogens is 260 g/mol. The average Bonchev–Trinajstić information content (AvgIpc) is 2.99. The molecule has 1 saturated heterocycles. The number of hydrogen-bond acceptors (Lipinski definition) is 4. The van der Waals surface area contributed by atoms with Crippen LogP contribution in [0.15, 0.2) is 12.4 Å². The van der Waals surface area contributed by atoms with Crippen LogP contribution in [0.5, 0.6) is 0 Å². The molecule has 2 heterocycles. The zero-order valence-electron chi connectivity index (χ0n) is 11.6. The van der Waals surface area contributed by atoms with E-state index in [0.29, 0.717) is 5.69 Å². The fourth-order valence-corrected chi connectivity index (χ4v) is 2.66. The lowest BCUT2D eigenvalue weighted by Crippen LogP contribution is -2.50. The van der Waals surface area contributed by atoms with Gasteiger partial charge in [-0.2, -0.15) is 5.10 Å². The van der Waals surface area contributed by atoms with Gasteiger partial charge in [0, 0.05) is 6.20 Å². The number of nitrogens with one attached hydrogen (secondary N) is 2. The lowest BCUT2D eigenvalue weighted by Gasteiger charge is -2.27. The van der Waals surface area contributed by atoms with Crippen LogP contribution >= 0.6 is 0 Å². The Morgan fingerprint density at radius 3 is 3.00 bits per heavy atom. The van der Waals surface area contributed by atoms with E-state index in [1.54, 1.807) is 0 Å². The summed E-state index contributed by atoms with van der Waals surface area (Å²) in [6.45, 7) is 2.69. The number of carbonyl (C=O) groups is 2. The minimum atomic E-state index is -0.967. The Morgan fingerprint density at radius 2 is 2.40 bits per heavy atom. The van der Waals surface area contributed by atoms with E-state index in [4.69, 9.17) is 5.11 Å². The first-order chi connectivity index (χ1) is 9.55. The quantitative estimate of drug-likeness (QED) is 0.717. The fraction of sp³-hybridized carbons (Fsp3) is 0.615. The Kier molecular flexibility index (Phi) is 4.39. The van der Waals surface area contributed by atoms with Gasteiger partial charge in [0.1, 0.15) is 6.54 Å². The largest absolute Gasteiger partial charge is 0.480 e. The molecule has 1 fully saturated rings. The average molecular weight is 280 g/mol. The van der Waals surface area contributed by atoms with Crippen LogP contribution < -0.4 is 10.6 Å². The van der Waals surface area contributed by atoms with Crippen LogP contribution in [0.4, 0.5) is 5.69 Å². The van der Waals surface area contributed by atoms with Crippen molar-refractivity contribution in [2.75, 3.05) is 11.9 Å². The van der Waals surface area contributed by atoms with Gasteiger partial charge in [0.2, 0.25) is 5.91 Å². The summed E-state index contributed by atoms with van der Waals surface area (Å²) in [5, 5.41) is 18.7. The van der Waals surface area contributed by atoms with Gasteiger partial charge in [-0.15, -0.1) is 0 Å². The minimum absolute atomic E-state index is 0.0632. The SMILES string of the molecule is CCCC1(C(=O)Nc2cnn(CC(=O)O)c2)CCCN1. The molecule has 2 rings (SSSR count). The number of anilines is 1.